The summed E-state index contributed by atoms with van der Waals surface area (Å²) in [4.78, 5) is 1.95. The van der Waals surface area contributed by atoms with Crippen molar-refractivity contribution in [3.05, 3.63) is 34.1 Å². The zero-order valence-electron chi connectivity index (χ0n) is 10.6. The van der Waals surface area contributed by atoms with Gasteiger partial charge in [0.25, 0.3) is 0 Å². The van der Waals surface area contributed by atoms with Gasteiger partial charge in [-0.3, -0.25) is 0 Å². The van der Waals surface area contributed by atoms with Gasteiger partial charge >= 0.3 is 0 Å². The standard InChI is InChI=1S/C14H16BrFN2/c1-18(2)13(14(9-17)6-3-7-14)11-8-10(15)4-5-12(11)16/h4-5,8,13H,3,6-7H2,1-2H3. The second-order valence-corrected chi connectivity index (χ2v) is 6.07. The van der Waals surface area contributed by atoms with Crippen molar-refractivity contribution >= 4 is 15.9 Å². The monoisotopic (exact) mass is 310 g/mol. The van der Waals surface area contributed by atoms with Crippen LogP contribution in [0.2, 0.25) is 0 Å². The first-order valence-corrected chi connectivity index (χ1v) is 6.82. The van der Waals surface area contributed by atoms with Crippen LogP contribution in [-0.2, 0) is 0 Å². The van der Waals surface area contributed by atoms with E-state index in [9.17, 15) is 9.65 Å². The molecule has 1 fully saturated rings. The minimum atomic E-state index is -0.439. The van der Waals surface area contributed by atoms with Crippen LogP contribution < -0.4 is 0 Å². The molecule has 0 bridgehead atoms. The topological polar surface area (TPSA) is 27.0 Å². The summed E-state index contributed by atoms with van der Waals surface area (Å²) >= 11 is 3.37. The number of nitriles is 1. The normalized spacial score (nSPS) is 19.1. The van der Waals surface area contributed by atoms with Crippen LogP contribution in [0.1, 0.15) is 30.9 Å². The quantitative estimate of drug-likeness (QED) is 0.847. The van der Waals surface area contributed by atoms with Gasteiger partial charge in [-0.1, -0.05) is 22.4 Å². The molecule has 0 spiro atoms. The van der Waals surface area contributed by atoms with Gasteiger partial charge in [0.15, 0.2) is 0 Å². The molecule has 4 heteroatoms. The van der Waals surface area contributed by atoms with Crippen molar-refractivity contribution in [1.29, 1.82) is 5.26 Å². The van der Waals surface area contributed by atoms with Gasteiger partial charge in [0.2, 0.25) is 0 Å². The molecule has 0 heterocycles. The van der Waals surface area contributed by atoms with Crippen molar-refractivity contribution in [3.63, 3.8) is 0 Å². The largest absolute Gasteiger partial charge is 0.301 e. The summed E-state index contributed by atoms with van der Waals surface area (Å²) in [5, 5.41) is 9.47. The van der Waals surface area contributed by atoms with Crippen molar-refractivity contribution in [2.24, 2.45) is 5.41 Å². The van der Waals surface area contributed by atoms with Crippen molar-refractivity contribution in [2.75, 3.05) is 14.1 Å². The molecule has 2 nitrogen and oxygen atoms in total. The molecule has 96 valence electrons. The highest BCUT2D eigenvalue weighted by Crippen LogP contribution is 2.52. The van der Waals surface area contributed by atoms with Gasteiger partial charge in [-0.25, -0.2) is 4.39 Å². The molecule has 1 aliphatic carbocycles. The molecule has 1 aromatic carbocycles. The second kappa shape index (κ2) is 4.99. The average molecular weight is 311 g/mol. The third kappa shape index (κ3) is 2.17. The highest BCUT2D eigenvalue weighted by molar-refractivity contribution is 9.10. The fraction of sp³-hybridized carbons (Fsp3) is 0.500. The lowest BCUT2D eigenvalue weighted by Crippen LogP contribution is -2.42. The summed E-state index contributed by atoms with van der Waals surface area (Å²) in [7, 11) is 3.81. The maximum Gasteiger partial charge on any atom is 0.128 e. The Morgan fingerprint density at radius 2 is 2.11 bits per heavy atom. The molecule has 0 aromatic heterocycles. The Bertz CT molecular complexity index is 489. The molecule has 18 heavy (non-hydrogen) atoms. The first kappa shape index (κ1) is 13.5. The number of hydrogen-bond donors (Lipinski definition) is 0. The third-order valence-electron chi connectivity index (χ3n) is 3.76. The van der Waals surface area contributed by atoms with Crippen molar-refractivity contribution < 1.29 is 4.39 Å². The Labute approximate surface area is 116 Å². The number of halogens is 2. The zero-order valence-corrected chi connectivity index (χ0v) is 12.2. The molecule has 2 rings (SSSR count). The summed E-state index contributed by atoms with van der Waals surface area (Å²) < 4.78 is 14.9. The van der Waals surface area contributed by atoms with Gasteiger partial charge < -0.3 is 4.90 Å². The first-order chi connectivity index (χ1) is 8.50. The van der Waals surface area contributed by atoms with Crippen LogP contribution >= 0.6 is 15.9 Å². The Balaban J connectivity index is 2.49. The lowest BCUT2D eigenvalue weighted by Gasteiger charge is -2.45. The maximum atomic E-state index is 14.1. The molecule has 1 aliphatic rings. The minimum absolute atomic E-state index is 0.186. The summed E-state index contributed by atoms with van der Waals surface area (Å²) in [5.41, 5.74) is 0.168. The third-order valence-corrected chi connectivity index (χ3v) is 4.25. The van der Waals surface area contributed by atoms with Crippen LogP contribution in [0.4, 0.5) is 4.39 Å². The average Bonchev–Trinajstić information content (AvgIpc) is 2.26. The minimum Gasteiger partial charge on any atom is -0.301 e. The molecule has 0 radical (unpaired) electrons. The van der Waals surface area contributed by atoms with E-state index >= 15 is 0 Å². The van der Waals surface area contributed by atoms with Crippen LogP contribution in [0.25, 0.3) is 0 Å². The van der Waals surface area contributed by atoms with E-state index in [4.69, 9.17) is 0 Å². The Morgan fingerprint density at radius 3 is 2.56 bits per heavy atom. The van der Waals surface area contributed by atoms with Crippen LogP contribution in [0.3, 0.4) is 0 Å². The molecule has 0 saturated heterocycles. The maximum absolute atomic E-state index is 14.1. The fourth-order valence-electron chi connectivity index (χ4n) is 2.80. The second-order valence-electron chi connectivity index (χ2n) is 5.15. The summed E-state index contributed by atoms with van der Waals surface area (Å²) in [6.45, 7) is 0. The zero-order chi connectivity index (χ0) is 13.3. The molecule has 0 aliphatic heterocycles. The molecular formula is C14H16BrFN2. The summed E-state index contributed by atoms with van der Waals surface area (Å²) in [5.74, 6) is -0.238. The predicted octanol–water partition coefficient (Wildman–Crippen LogP) is 3.88. The Hall–Kier alpha value is -0.920. The van der Waals surface area contributed by atoms with E-state index < -0.39 is 5.41 Å². The first-order valence-electron chi connectivity index (χ1n) is 6.03. The van der Waals surface area contributed by atoms with Crippen LogP contribution in [0.15, 0.2) is 22.7 Å². The van der Waals surface area contributed by atoms with E-state index in [1.54, 1.807) is 12.1 Å². The molecule has 0 amide bonds. The van der Waals surface area contributed by atoms with Gasteiger partial charge in [0.05, 0.1) is 17.5 Å². The van der Waals surface area contributed by atoms with Crippen LogP contribution in [0.5, 0.6) is 0 Å². The van der Waals surface area contributed by atoms with E-state index in [2.05, 4.69) is 22.0 Å². The lowest BCUT2D eigenvalue weighted by atomic mass is 9.63. The highest BCUT2D eigenvalue weighted by Gasteiger charge is 2.47. The van der Waals surface area contributed by atoms with E-state index in [0.717, 1.165) is 23.7 Å². The lowest BCUT2D eigenvalue weighted by molar-refractivity contribution is 0.0723. The molecule has 1 atom stereocenters. The molecule has 1 unspecified atom stereocenters. The predicted molar refractivity (Wildman–Crippen MR) is 72.4 cm³/mol. The smallest absolute Gasteiger partial charge is 0.128 e. The fourth-order valence-corrected chi connectivity index (χ4v) is 3.18. The summed E-state index contributed by atoms with van der Waals surface area (Å²) in [6.07, 6.45) is 2.74. The van der Waals surface area contributed by atoms with Crippen molar-refractivity contribution in [3.8, 4) is 6.07 Å². The molecule has 0 N–H and O–H groups in total. The van der Waals surface area contributed by atoms with Gasteiger partial charge in [0.1, 0.15) is 5.82 Å². The molecule has 1 aromatic rings. The number of nitrogens with zero attached hydrogens (tertiary/aromatic N) is 2. The number of rotatable bonds is 3. The van der Waals surface area contributed by atoms with Crippen molar-refractivity contribution in [2.45, 2.75) is 25.3 Å². The van der Waals surface area contributed by atoms with E-state index in [-0.39, 0.29) is 11.9 Å². The van der Waals surface area contributed by atoms with Gasteiger partial charge in [-0.05, 0) is 45.1 Å². The Kier molecular flexibility index (Phi) is 3.74. The number of hydrogen-bond acceptors (Lipinski definition) is 2. The van der Waals surface area contributed by atoms with Gasteiger partial charge in [-0.2, -0.15) is 5.26 Å². The molecular weight excluding hydrogens is 295 g/mol. The van der Waals surface area contributed by atoms with Crippen molar-refractivity contribution in [1.82, 2.24) is 4.90 Å². The number of benzene rings is 1. The summed E-state index contributed by atoms with van der Waals surface area (Å²) in [6, 6.07) is 7.16. The van der Waals surface area contributed by atoms with E-state index in [0.29, 0.717) is 5.56 Å². The van der Waals surface area contributed by atoms with Gasteiger partial charge in [-0.15, -0.1) is 0 Å². The van der Waals surface area contributed by atoms with Crippen LogP contribution in [-0.4, -0.2) is 19.0 Å². The SMILES string of the molecule is CN(C)C(c1cc(Br)ccc1F)C1(C#N)CCC1. The van der Waals surface area contributed by atoms with Crippen LogP contribution in [0, 0.1) is 22.6 Å². The van der Waals surface area contributed by atoms with E-state index in [1.165, 1.54) is 6.07 Å². The van der Waals surface area contributed by atoms with E-state index in [1.807, 2.05) is 19.0 Å². The molecule has 1 saturated carbocycles. The highest BCUT2D eigenvalue weighted by atomic mass is 79.9. The Morgan fingerprint density at radius 1 is 1.44 bits per heavy atom. The van der Waals surface area contributed by atoms with Gasteiger partial charge in [0, 0.05) is 10.0 Å².